The van der Waals surface area contributed by atoms with Crippen LogP contribution in [0.3, 0.4) is 0 Å². The molecule has 2 atom stereocenters. The average Bonchev–Trinajstić information content (AvgIpc) is 3.30. The van der Waals surface area contributed by atoms with Crippen LogP contribution in [0.5, 0.6) is 0 Å². The van der Waals surface area contributed by atoms with Crippen LogP contribution in [0.25, 0.3) is 21.8 Å². The van der Waals surface area contributed by atoms with Crippen molar-refractivity contribution < 1.29 is 15.3 Å². The van der Waals surface area contributed by atoms with Gasteiger partial charge in [-0.05, 0) is 29.7 Å². The fourth-order valence-corrected chi connectivity index (χ4v) is 3.71. The zero-order valence-electron chi connectivity index (χ0n) is 14.3. The number of aromatic amines is 2. The summed E-state index contributed by atoms with van der Waals surface area (Å²) in [5.74, 6) is -0.126. The number of hydrogen-bond acceptors (Lipinski definition) is 3. The van der Waals surface area contributed by atoms with Crippen LogP contribution in [0, 0.1) is 0 Å². The van der Waals surface area contributed by atoms with E-state index in [1.165, 1.54) is 0 Å². The summed E-state index contributed by atoms with van der Waals surface area (Å²) in [6, 6.07) is 16.1. The molecular weight excluding hydrogens is 328 g/mol. The summed E-state index contributed by atoms with van der Waals surface area (Å²) in [5, 5.41) is 31.7. The molecule has 134 valence electrons. The molecular formula is C21H22N2O3. The molecule has 5 nitrogen and oxygen atoms in total. The number of nitrogens with one attached hydrogen (secondary N) is 2. The highest BCUT2D eigenvalue weighted by Crippen LogP contribution is 2.38. The van der Waals surface area contributed by atoms with Crippen LogP contribution in [0.4, 0.5) is 0 Å². The Kier molecular flexibility index (Phi) is 4.51. The van der Waals surface area contributed by atoms with Gasteiger partial charge in [-0.2, -0.15) is 0 Å². The Morgan fingerprint density at radius 3 is 1.73 bits per heavy atom. The Bertz CT molecular complexity index is 946. The topological polar surface area (TPSA) is 92.3 Å². The normalized spacial score (nSPS) is 14.3. The van der Waals surface area contributed by atoms with Gasteiger partial charge in [0.1, 0.15) is 6.10 Å². The second-order valence-corrected chi connectivity index (χ2v) is 6.68. The van der Waals surface area contributed by atoms with E-state index in [4.69, 9.17) is 0 Å². The van der Waals surface area contributed by atoms with E-state index in [-0.39, 0.29) is 5.92 Å². The molecule has 5 heteroatoms. The van der Waals surface area contributed by atoms with Gasteiger partial charge in [0.2, 0.25) is 0 Å². The molecule has 4 aromatic rings. The summed E-state index contributed by atoms with van der Waals surface area (Å²) in [6.07, 6.45) is 2.07. The zero-order chi connectivity index (χ0) is 18.1. The highest BCUT2D eigenvalue weighted by atomic mass is 16.4. The van der Waals surface area contributed by atoms with Gasteiger partial charge in [0.05, 0.1) is 12.7 Å². The molecule has 0 saturated heterocycles. The molecule has 0 amide bonds. The van der Waals surface area contributed by atoms with Crippen molar-refractivity contribution in [3.8, 4) is 0 Å². The van der Waals surface area contributed by atoms with Crippen LogP contribution in [0.15, 0.2) is 60.9 Å². The molecule has 0 aliphatic carbocycles. The van der Waals surface area contributed by atoms with E-state index in [2.05, 4.69) is 22.1 Å². The second kappa shape index (κ2) is 6.96. The molecule has 0 bridgehead atoms. The van der Waals surface area contributed by atoms with Crippen molar-refractivity contribution in [1.29, 1.82) is 0 Å². The SMILES string of the molecule is OC[C@@H](O)[C@@H](O)CC(c1c[nH]c2ccccc12)c1c[nH]c2ccccc12. The summed E-state index contributed by atoms with van der Waals surface area (Å²) in [4.78, 5) is 6.58. The number of para-hydroxylation sites is 2. The van der Waals surface area contributed by atoms with Crippen molar-refractivity contribution >= 4 is 21.8 Å². The van der Waals surface area contributed by atoms with Crippen molar-refractivity contribution in [3.05, 3.63) is 72.1 Å². The van der Waals surface area contributed by atoms with E-state index in [1.54, 1.807) is 0 Å². The van der Waals surface area contributed by atoms with Crippen LogP contribution in [-0.2, 0) is 0 Å². The Morgan fingerprint density at radius 2 is 1.23 bits per heavy atom. The molecule has 4 rings (SSSR count). The van der Waals surface area contributed by atoms with Crippen molar-refractivity contribution in [2.24, 2.45) is 0 Å². The quantitative estimate of drug-likeness (QED) is 0.370. The summed E-state index contributed by atoms with van der Waals surface area (Å²) < 4.78 is 0. The van der Waals surface area contributed by atoms with Crippen molar-refractivity contribution in [3.63, 3.8) is 0 Å². The maximum atomic E-state index is 10.4. The minimum atomic E-state index is -1.16. The lowest BCUT2D eigenvalue weighted by molar-refractivity contribution is -0.0191. The average molecular weight is 350 g/mol. The van der Waals surface area contributed by atoms with Crippen LogP contribution in [-0.4, -0.2) is 44.1 Å². The van der Waals surface area contributed by atoms with Gasteiger partial charge in [-0.25, -0.2) is 0 Å². The van der Waals surface area contributed by atoms with Crippen molar-refractivity contribution in [2.45, 2.75) is 24.5 Å². The first-order chi connectivity index (χ1) is 12.7. The molecule has 0 radical (unpaired) electrons. The molecule has 0 saturated carbocycles. The van der Waals surface area contributed by atoms with Crippen LogP contribution in [0.2, 0.25) is 0 Å². The van der Waals surface area contributed by atoms with Gasteiger partial charge in [-0.1, -0.05) is 36.4 Å². The lowest BCUT2D eigenvalue weighted by Crippen LogP contribution is -2.31. The number of rotatable bonds is 6. The fraction of sp³-hybridized carbons (Fsp3) is 0.238. The maximum Gasteiger partial charge on any atom is 0.103 e. The Labute approximate surface area is 150 Å². The first-order valence-electron chi connectivity index (χ1n) is 8.78. The van der Waals surface area contributed by atoms with Crippen LogP contribution in [0.1, 0.15) is 23.5 Å². The summed E-state index contributed by atoms with van der Waals surface area (Å²) >= 11 is 0. The smallest absolute Gasteiger partial charge is 0.103 e. The van der Waals surface area contributed by atoms with Gasteiger partial charge in [-0.3, -0.25) is 0 Å². The van der Waals surface area contributed by atoms with Gasteiger partial charge < -0.3 is 25.3 Å². The monoisotopic (exact) mass is 350 g/mol. The first-order valence-corrected chi connectivity index (χ1v) is 8.78. The van der Waals surface area contributed by atoms with Crippen LogP contribution >= 0.6 is 0 Å². The third kappa shape index (κ3) is 2.90. The van der Waals surface area contributed by atoms with Gasteiger partial charge in [-0.15, -0.1) is 0 Å². The highest BCUT2D eigenvalue weighted by Gasteiger charge is 2.26. The molecule has 0 aliphatic rings. The van der Waals surface area contributed by atoms with E-state index in [0.717, 1.165) is 32.9 Å². The summed E-state index contributed by atoms with van der Waals surface area (Å²) in [5.41, 5.74) is 4.19. The van der Waals surface area contributed by atoms with Crippen molar-refractivity contribution in [2.75, 3.05) is 6.61 Å². The highest BCUT2D eigenvalue weighted by molar-refractivity contribution is 5.88. The van der Waals surface area contributed by atoms with Gasteiger partial charge in [0, 0.05) is 40.1 Å². The zero-order valence-corrected chi connectivity index (χ0v) is 14.3. The van der Waals surface area contributed by atoms with Crippen LogP contribution < -0.4 is 0 Å². The van der Waals surface area contributed by atoms with Gasteiger partial charge in [0.25, 0.3) is 0 Å². The standard InChI is InChI=1S/C21H22N2O3/c24-12-21(26)20(25)9-15(16-10-22-18-7-3-1-5-13(16)18)17-11-23-19-8-4-2-6-14(17)19/h1-8,10-11,15,20-26H,9,12H2/t20-,21+/m0/s1. The molecule has 2 aromatic heterocycles. The van der Waals surface area contributed by atoms with E-state index < -0.39 is 18.8 Å². The Morgan fingerprint density at radius 1 is 0.731 bits per heavy atom. The Balaban J connectivity index is 1.84. The second-order valence-electron chi connectivity index (χ2n) is 6.68. The lowest BCUT2D eigenvalue weighted by Gasteiger charge is -2.23. The molecule has 2 heterocycles. The predicted molar refractivity (Wildman–Crippen MR) is 102 cm³/mol. The molecule has 26 heavy (non-hydrogen) atoms. The molecule has 0 unspecified atom stereocenters. The predicted octanol–water partition coefficient (Wildman–Crippen LogP) is 2.89. The third-order valence-corrected chi connectivity index (χ3v) is 5.10. The molecule has 0 aliphatic heterocycles. The minimum Gasteiger partial charge on any atom is -0.394 e. The molecule has 0 spiro atoms. The van der Waals surface area contributed by atoms with E-state index in [0.29, 0.717) is 6.42 Å². The molecule has 5 N–H and O–H groups in total. The number of aliphatic hydroxyl groups is 3. The summed E-state index contributed by atoms with van der Waals surface area (Å²) in [6.45, 7) is -0.463. The van der Waals surface area contributed by atoms with E-state index >= 15 is 0 Å². The number of aromatic nitrogens is 2. The molecule has 0 fully saturated rings. The number of aliphatic hydroxyl groups excluding tert-OH is 3. The maximum absolute atomic E-state index is 10.4. The van der Waals surface area contributed by atoms with Gasteiger partial charge in [0.15, 0.2) is 0 Å². The Hall–Kier alpha value is -2.60. The number of H-pyrrole nitrogens is 2. The van der Waals surface area contributed by atoms with Gasteiger partial charge >= 0.3 is 0 Å². The number of fused-ring (bicyclic) bond motifs is 2. The summed E-state index contributed by atoms with van der Waals surface area (Å²) in [7, 11) is 0. The number of benzene rings is 2. The van der Waals surface area contributed by atoms with Crippen molar-refractivity contribution in [1.82, 2.24) is 9.97 Å². The molecule has 2 aromatic carbocycles. The van der Waals surface area contributed by atoms with E-state index in [1.807, 2.05) is 48.8 Å². The third-order valence-electron chi connectivity index (χ3n) is 5.10. The fourth-order valence-electron chi connectivity index (χ4n) is 3.71. The lowest BCUT2D eigenvalue weighted by atomic mass is 9.85. The first kappa shape index (κ1) is 16.8. The largest absolute Gasteiger partial charge is 0.394 e. The minimum absolute atomic E-state index is 0.126. The van der Waals surface area contributed by atoms with E-state index in [9.17, 15) is 15.3 Å². The number of hydrogen-bond donors (Lipinski definition) is 5.